The number of esters is 1. The number of para-hydroxylation sites is 1. The summed E-state index contributed by atoms with van der Waals surface area (Å²) in [7, 11) is -1.56. The highest BCUT2D eigenvalue weighted by Gasteiger charge is 2.27. The molecule has 0 fully saturated rings. The van der Waals surface area contributed by atoms with E-state index in [0.29, 0.717) is 0 Å². The van der Waals surface area contributed by atoms with Gasteiger partial charge >= 0.3 is 5.97 Å². The Morgan fingerprint density at radius 2 is 1.94 bits per heavy atom. The highest BCUT2D eigenvalue weighted by Crippen LogP contribution is 2.23. The maximum absolute atomic E-state index is 12.2. The zero-order valence-corrected chi connectivity index (χ0v) is 10.9. The summed E-state index contributed by atoms with van der Waals surface area (Å²) in [4.78, 5) is 11.2. The first-order chi connectivity index (χ1) is 8.32. The fourth-order valence-corrected chi connectivity index (χ4v) is 2.53. The standard InChI is InChI=1S/C11H14N2O4S/c1-8(11(14)17-3)13(2)18(15,16)10-7-5-4-6-9(10)12/h4-7H,1,12H2,2-3H3. The molecule has 98 valence electrons. The number of sulfonamides is 1. The van der Waals surface area contributed by atoms with Gasteiger partial charge in [-0.2, -0.15) is 0 Å². The summed E-state index contributed by atoms with van der Waals surface area (Å²) in [5.41, 5.74) is 5.41. The Hall–Kier alpha value is -2.02. The number of nitrogen functional groups attached to an aromatic ring is 1. The van der Waals surface area contributed by atoms with Crippen LogP contribution in [0.5, 0.6) is 0 Å². The SMILES string of the molecule is C=C(C(=O)OC)N(C)S(=O)(=O)c1ccccc1N. The van der Waals surface area contributed by atoms with Gasteiger partial charge in [0.25, 0.3) is 10.0 Å². The van der Waals surface area contributed by atoms with Crippen LogP contribution in [0.4, 0.5) is 5.69 Å². The summed E-state index contributed by atoms with van der Waals surface area (Å²) in [5, 5.41) is 0. The summed E-state index contributed by atoms with van der Waals surface area (Å²) < 4.78 is 29.5. The van der Waals surface area contributed by atoms with Crippen LogP contribution in [0, 0.1) is 0 Å². The molecule has 0 atom stereocenters. The smallest absolute Gasteiger partial charge is 0.354 e. The van der Waals surface area contributed by atoms with Gasteiger partial charge in [0.15, 0.2) is 0 Å². The van der Waals surface area contributed by atoms with Crippen LogP contribution in [0.1, 0.15) is 0 Å². The van der Waals surface area contributed by atoms with Gasteiger partial charge in [0.2, 0.25) is 0 Å². The third-order valence-corrected chi connectivity index (χ3v) is 4.23. The van der Waals surface area contributed by atoms with Gasteiger partial charge in [-0.1, -0.05) is 18.7 Å². The molecular formula is C11H14N2O4S. The molecule has 2 N–H and O–H groups in total. The third kappa shape index (κ3) is 2.45. The molecule has 0 aliphatic heterocycles. The number of ether oxygens (including phenoxy) is 1. The Morgan fingerprint density at radius 3 is 2.44 bits per heavy atom. The normalized spacial score (nSPS) is 10.8. The minimum Gasteiger partial charge on any atom is -0.464 e. The van der Waals surface area contributed by atoms with Gasteiger partial charge in [0.1, 0.15) is 10.6 Å². The number of anilines is 1. The van der Waals surface area contributed by atoms with Crippen LogP contribution in [0.2, 0.25) is 0 Å². The van der Waals surface area contributed by atoms with Crippen LogP contribution >= 0.6 is 0 Å². The van der Waals surface area contributed by atoms with Gasteiger partial charge < -0.3 is 10.5 Å². The summed E-state index contributed by atoms with van der Waals surface area (Å²) in [6.07, 6.45) is 0. The Morgan fingerprint density at radius 1 is 1.39 bits per heavy atom. The first-order valence-corrected chi connectivity index (χ1v) is 6.37. The van der Waals surface area contributed by atoms with E-state index in [-0.39, 0.29) is 16.3 Å². The lowest BCUT2D eigenvalue weighted by Gasteiger charge is -2.20. The van der Waals surface area contributed by atoms with Crippen molar-refractivity contribution >= 4 is 21.7 Å². The number of carbonyl (C=O) groups excluding carboxylic acids is 1. The van der Waals surface area contributed by atoms with Crippen molar-refractivity contribution in [2.75, 3.05) is 19.9 Å². The van der Waals surface area contributed by atoms with Crippen molar-refractivity contribution in [2.45, 2.75) is 4.90 Å². The van der Waals surface area contributed by atoms with Crippen molar-refractivity contribution in [3.8, 4) is 0 Å². The van der Waals surface area contributed by atoms with Crippen molar-refractivity contribution in [2.24, 2.45) is 0 Å². The molecule has 0 aliphatic rings. The highest BCUT2D eigenvalue weighted by molar-refractivity contribution is 7.89. The molecule has 0 saturated carbocycles. The minimum absolute atomic E-state index is 0.0856. The zero-order valence-electron chi connectivity index (χ0n) is 10.1. The number of rotatable bonds is 4. The minimum atomic E-state index is -3.92. The molecule has 0 heterocycles. The van der Waals surface area contributed by atoms with Crippen LogP contribution in [0.25, 0.3) is 0 Å². The Labute approximate surface area is 106 Å². The Kier molecular flexibility index (Phi) is 3.97. The third-order valence-electron chi connectivity index (χ3n) is 2.36. The summed E-state index contributed by atoms with van der Waals surface area (Å²) >= 11 is 0. The molecule has 6 nitrogen and oxygen atoms in total. The van der Waals surface area contributed by atoms with Crippen LogP contribution in [0.3, 0.4) is 0 Å². The molecule has 0 amide bonds. The second kappa shape index (κ2) is 5.09. The molecule has 0 radical (unpaired) electrons. The quantitative estimate of drug-likeness (QED) is 0.491. The first-order valence-electron chi connectivity index (χ1n) is 4.93. The lowest BCUT2D eigenvalue weighted by Crippen LogP contribution is -2.30. The molecule has 1 aromatic rings. The van der Waals surface area contributed by atoms with Crippen molar-refractivity contribution in [1.82, 2.24) is 4.31 Å². The number of nitrogens with zero attached hydrogens (tertiary/aromatic N) is 1. The van der Waals surface area contributed by atoms with E-state index < -0.39 is 16.0 Å². The predicted octanol–water partition coefficient (Wildman–Crippen LogP) is 0.576. The first kappa shape index (κ1) is 14.0. The van der Waals surface area contributed by atoms with Crippen molar-refractivity contribution < 1.29 is 17.9 Å². The number of nitrogens with two attached hydrogens (primary N) is 1. The molecule has 0 unspecified atom stereocenters. The second-order valence-corrected chi connectivity index (χ2v) is 5.39. The largest absolute Gasteiger partial charge is 0.464 e. The number of hydrogen-bond acceptors (Lipinski definition) is 5. The molecule has 18 heavy (non-hydrogen) atoms. The molecule has 1 rings (SSSR count). The van der Waals surface area contributed by atoms with Crippen LogP contribution in [-0.2, 0) is 19.6 Å². The lowest BCUT2D eigenvalue weighted by molar-refractivity contribution is -0.137. The van der Waals surface area contributed by atoms with E-state index in [9.17, 15) is 13.2 Å². The van der Waals surface area contributed by atoms with Gasteiger partial charge in [-0.3, -0.25) is 4.31 Å². The monoisotopic (exact) mass is 270 g/mol. The molecule has 0 saturated heterocycles. The molecule has 1 aromatic carbocycles. The van der Waals surface area contributed by atoms with E-state index >= 15 is 0 Å². The summed E-state index contributed by atoms with van der Waals surface area (Å²) in [5.74, 6) is -0.824. The molecule has 0 aliphatic carbocycles. The van der Waals surface area contributed by atoms with Crippen LogP contribution in [-0.4, -0.2) is 32.8 Å². The van der Waals surface area contributed by atoms with Crippen molar-refractivity contribution in [3.05, 3.63) is 36.5 Å². The fourth-order valence-electron chi connectivity index (χ4n) is 1.25. The number of carbonyl (C=O) groups is 1. The number of methoxy groups -OCH3 is 1. The van der Waals surface area contributed by atoms with Crippen molar-refractivity contribution in [3.63, 3.8) is 0 Å². The van der Waals surface area contributed by atoms with E-state index in [4.69, 9.17) is 5.73 Å². The van der Waals surface area contributed by atoms with E-state index in [0.717, 1.165) is 11.4 Å². The molecule has 7 heteroatoms. The van der Waals surface area contributed by atoms with Gasteiger partial charge in [-0.05, 0) is 12.1 Å². The lowest BCUT2D eigenvalue weighted by atomic mass is 10.3. The average molecular weight is 270 g/mol. The Bertz CT molecular complexity index is 580. The molecule has 0 bridgehead atoms. The molecule has 0 spiro atoms. The van der Waals surface area contributed by atoms with E-state index in [1.54, 1.807) is 6.07 Å². The summed E-state index contributed by atoms with van der Waals surface area (Å²) in [6.45, 7) is 3.38. The highest BCUT2D eigenvalue weighted by atomic mass is 32.2. The maximum Gasteiger partial charge on any atom is 0.354 e. The summed E-state index contributed by atoms with van der Waals surface area (Å²) in [6, 6.07) is 5.97. The average Bonchev–Trinajstić information content (AvgIpc) is 2.36. The fraction of sp³-hybridized carbons (Fsp3) is 0.182. The second-order valence-electron chi connectivity index (χ2n) is 3.45. The topological polar surface area (TPSA) is 89.7 Å². The van der Waals surface area contributed by atoms with Gasteiger partial charge in [-0.25, -0.2) is 13.2 Å². The molecule has 0 aromatic heterocycles. The molecular weight excluding hydrogens is 256 g/mol. The van der Waals surface area contributed by atoms with Crippen molar-refractivity contribution in [1.29, 1.82) is 0 Å². The number of likely N-dealkylation sites (N-methyl/N-ethyl adjacent to an activating group) is 1. The van der Waals surface area contributed by atoms with Gasteiger partial charge in [-0.15, -0.1) is 0 Å². The van der Waals surface area contributed by atoms with Crippen LogP contribution < -0.4 is 5.73 Å². The maximum atomic E-state index is 12.2. The van der Waals surface area contributed by atoms with Gasteiger partial charge in [0, 0.05) is 7.05 Å². The van der Waals surface area contributed by atoms with Gasteiger partial charge in [0.05, 0.1) is 12.8 Å². The van der Waals surface area contributed by atoms with E-state index in [2.05, 4.69) is 11.3 Å². The Balaban J connectivity index is 3.20. The predicted molar refractivity (Wildman–Crippen MR) is 67.0 cm³/mol. The zero-order chi connectivity index (χ0) is 13.9. The number of benzene rings is 1. The van der Waals surface area contributed by atoms with Crippen LogP contribution in [0.15, 0.2) is 41.4 Å². The van der Waals surface area contributed by atoms with E-state index in [1.807, 2.05) is 0 Å². The number of hydrogen-bond donors (Lipinski definition) is 1. The van der Waals surface area contributed by atoms with E-state index in [1.165, 1.54) is 25.2 Å².